The summed E-state index contributed by atoms with van der Waals surface area (Å²) in [5.41, 5.74) is -0.476. The first kappa shape index (κ1) is 18.7. The average molecular weight is 370 g/mol. The highest BCUT2D eigenvalue weighted by Gasteiger charge is 2.46. The van der Waals surface area contributed by atoms with Gasteiger partial charge >= 0.3 is 0 Å². The number of hydrogen-bond donors (Lipinski definition) is 2. The minimum absolute atomic E-state index is 0.229. The van der Waals surface area contributed by atoms with Crippen molar-refractivity contribution in [2.75, 3.05) is 5.01 Å². The van der Waals surface area contributed by atoms with E-state index < -0.39 is 11.5 Å². The molecule has 0 bridgehead atoms. The Morgan fingerprint density at radius 2 is 2.15 bits per heavy atom. The van der Waals surface area contributed by atoms with Crippen molar-refractivity contribution < 1.29 is 14.7 Å². The van der Waals surface area contributed by atoms with Crippen molar-refractivity contribution in [2.45, 2.75) is 38.8 Å². The zero-order chi connectivity index (χ0) is 19.8. The predicted octanol–water partition coefficient (Wildman–Crippen LogP) is 1.17. The van der Waals surface area contributed by atoms with Gasteiger partial charge in [0, 0.05) is 12.6 Å². The van der Waals surface area contributed by atoms with Gasteiger partial charge in [0.1, 0.15) is 12.2 Å². The summed E-state index contributed by atoms with van der Waals surface area (Å²) in [5, 5.41) is 22.6. The Morgan fingerprint density at radius 3 is 2.74 bits per heavy atom. The minimum Gasteiger partial charge on any atom is -0.374 e. The molecule has 2 N–H and O–H groups in total. The Morgan fingerprint density at radius 1 is 1.41 bits per heavy atom. The summed E-state index contributed by atoms with van der Waals surface area (Å²) in [4.78, 5) is 29.3. The Balaban J connectivity index is 1.81. The lowest BCUT2D eigenvalue weighted by Gasteiger charge is -2.20. The quantitative estimate of drug-likeness (QED) is 0.820. The smallest absolute Gasteiger partial charge is 0.285 e. The molecule has 142 valence electrons. The van der Waals surface area contributed by atoms with E-state index in [0.717, 1.165) is 5.01 Å². The first-order chi connectivity index (χ1) is 12.8. The van der Waals surface area contributed by atoms with Gasteiger partial charge in [0.2, 0.25) is 0 Å². The summed E-state index contributed by atoms with van der Waals surface area (Å²) in [5.74, 6) is -0.208. The summed E-state index contributed by atoms with van der Waals surface area (Å²) in [6.07, 6.45) is 1.65. The van der Waals surface area contributed by atoms with Crippen molar-refractivity contribution in [3.8, 4) is 0 Å². The van der Waals surface area contributed by atoms with E-state index in [-0.39, 0.29) is 18.4 Å². The van der Waals surface area contributed by atoms with E-state index in [4.69, 9.17) is 0 Å². The second-order valence-electron chi connectivity index (χ2n) is 6.50. The van der Waals surface area contributed by atoms with Gasteiger partial charge in [-0.2, -0.15) is 15.2 Å². The number of hydrogen-bond acceptors (Lipinski definition) is 6. The molecular weight excluding hydrogens is 348 g/mol. The van der Waals surface area contributed by atoms with Gasteiger partial charge in [-0.25, -0.2) is 4.98 Å². The van der Waals surface area contributed by atoms with Crippen molar-refractivity contribution in [2.24, 2.45) is 12.1 Å². The molecule has 0 aliphatic carbocycles. The van der Waals surface area contributed by atoms with Crippen LogP contribution in [0.3, 0.4) is 0 Å². The molecule has 1 aromatic carbocycles. The number of nitrogens with zero attached hydrogens (tertiary/aromatic N) is 5. The van der Waals surface area contributed by atoms with Gasteiger partial charge < -0.3 is 10.4 Å². The molecule has 3 rings (SSSR count). The average Bonchev–Trinajstić information content (AvgIpc) is 3.19. The third-order valence-corrected chi connectivity index (χ3v) is 4.74. The molecule has 0 fully saturated rings. The SMILES string of the molecule is CC[C@@]1(O)C(=O)N(c2cccc(C(=O)N[C@@H](C)c3ncnn3C)c2)N=C1C. The molecule has 1 aromatic heterocycles. The monoisotopic (exact) mass is 370 g/mol. The topological polar surface area (TPSA) is 113 Å². The third-order valence-electron chi connectivity index (χ3n) is 4.74. The molecule has 0 saturated carbocycles. The highest BCUT2D eigenvalue weighted by Crippen LogP contribution is 2.29. The van der Waals surface area contributed by atoms with Crippen molar-refractivity contribution in [3.05, 3.63) is 42.0 Å². The van der Waals surface area contributed by atoms with Crippen molar-refractivity contribution >= 4 is 23.2 Å². The highest BCUT2D eigenvalue weighted by molar-refractivity contribution is 6.21. The van der Waals surface area contributed by atoms with Gasteiger partial charge in [0.05, 0.1) is 17.4 Å². The van der Waals surface area contributed by atoms with Crippen LogP contribution in [0.1, 0.15) is 49.4 Å². The summed E-state index contributed by atoms with van der Waals surface area (Å²) in [6.45, 7) is 5.14. The van der Waals surface area contributed by atoms with Crippen LogP contribution in [0.5, 0.6) is 0 Å². The van der Waals surface area contributed by atoms with E-state index in [1.54, 1.807) is 49.8 Å². The van der Waals surface area contributed by atoms with E-state index in [2.05, 4.69) is 20.5 Å². The van der Waals surface area contributed by atoms with E-state index in [9.17, 15) is 14.7 Å². The Hall–Kier alpha value is -3.07. The number of anilines is 1. The lowest BCUT2D eigenvalue weighted by molar-refractivity contribution is -0.129. The van der Waals surface area contributed by atoms with Crippen LogP contribution < -0.4 is 10.3 Å². The fraction of sp³-hybridized carbons (Fsp3) is 0.389. The lowest BCUT2D eigenvalue weighted by atomic mass is 9.95. The van der Waals surface area contributed by atoms with Crippen LogP contribution >= 0.6 is 0 Å². The van der Waals surface area contributed by atoms with Gasteiger partial charge in [-0.3, -0.25) is 14.3 Å². The van der Waals surface area contributed by atoms with E-state index in [1.165, 1.54) is 6.33 Å². The molecule has 0 spiro atoms. The fourth-order valence-corrected chi connectivity index (χ4v) is 3.01. The van der Waals surface area contributed by atoms with E-state index in [1.807, 2.05) is 6.92 Å². The molecule has 9 heteroatoms. The maximum Gasteiger partial charge on any atom is 0.285 e. The number of hydrazone groups is 1. The van der Waals surface area contributed by atoms with Crippen molar-refractivity contribution in [1.29, 1.82) is 0 Å². The highest BCUT2D eigenvalue weighted by atomic mass is 16.3. The number of aromatic nitrogens is 3. The zero-order valence-corrected chi connectivity index (χ0v) is 15.7. The van der Waals surface area contributed by atoms with Crippen molar-refractivity contribution in [1.82, 2.24) is 20.1 Å². The van der Waals surface area contributed by atoms with Crippen LogP contribution in [-0.2, 0) is 11.8 Å². The van der Waals surface area contributed by atoms with Crippen LogP contribution in [0, 0.1) is 0 Å². The van der Waals surface area contributed by atoms with Gasteiger partial charge in [0.15, 0.2) is 5.60 Å². The molecule has 1 aliphatic rings. The maximum absolute atomic E-state index is 12.6. The van der Waals surface area contributed by atoms with Gasteiger partial charge in [-0.1, -0.05) is 13.0 Å². The minimum atomic E-state index is -1.60. The molecule has 2 heterocycles. The predicted molar refractivity (Wildman–Crippen MR) is 99.2 cm³/mol. The molecule has 0 radical (unpaired) electrons. The summed E-state index contributed by atoms with van der Waals surface area (Å²) in [6, 6.07) is 6.20. The number of benzene rings is 1. The molecule has 2 amide bonds. The first-order valence-corrected chi connectivity index (χ1v) is 8.65. The largest absolute Gasteiger partial charge is 0.374 e. The second kappa shape index (κ2) is 6.92. The molecule has 2 atom stereocenters. The first-order valence-electron chi connectivity index (χ1n) is 8.65. The summed E-state index contributed by atoms with van der Waals surface area (Å²) < 4.78 is 1.59. The van der Waals surface area contributed by atoms with E-state index in [0.29, 0.717) is 22.8 Å². The molecular formula is C18H22N6O3. The van der Waals surface area contributed by atoms with Crippen molar-refractivity contribution in [3.63, 3.8) is 0 Å². The third kappa shape index (κ3) is 3.21. The fourth-order valence-electron chi connectivity index (χ4n) is 3.01. The normalized spacial score (nSPS) is 20.6. The number of nitrogens with one attached hydrogen (secondary N) is 1. The number of carbonyl (C=O) groups excluding carboxylic acids is 2. The Bertz CT molecular complexity index is 921. The van der Waals surface area contributed by atoms with Crippen LogP contribution in [0.25, 0.3) is 0 Å². The summed E-state index contributed by atoms with van der Waals surface area (Å²) in [7, 11) is 1.75. The van der Waals surface area contributed by atoms with Crippen LogP contribution in [0.15, 0.2) is 35.7 Å². The van der Waals surface area contributed by atoms with Gasteiger partial charge in [-0.05, 0) is 38.5 Å². The molecule has 0 unspecified atom stereocenters. The van der Waals surface area contributed by atoms with Crippen LogP contribution in [0.4, 0.5) is 5.69 Å². The van der Waals surface area contributed by atoms with Gasteiger partial charge in [0.25, 0.3) is 11.8 Å². The Labute approximate surface area is 156 Å². The van der Waals surface area contributed by atoms with Crippen LogP contribution in [0.2, 0.25) is 0 Å². The number of carbonyl (C=O) groups is 2. The molecule has 9 nitrogen and oxygen atoms in total. The molecule has 27 heavy (non-hydrogen) atoms. The van der Waals surface area contributed by atoms with Gasteiger partial charge in [-0.15, -0.1) is 0 Å². The number of aryl methyl sites for hydroxylation is 1. The number of rotatable bonds is 5. The lowest BCUT2D eigenvalue weighted by Crippen LogP contribution is -2.45. The molecule has 2 aromatic rings. The summed E-state index contributed by atoms with van der Waals surface area (Å²) >= 11 is 0. The standard InChI is InChI=1S/C18H22N6O3/c1-5-18(27)12(3)22-24(17(18)26)14-8-6-7-13(9-14)16(25)21-11(2)15-19-10-20-23(15)4/h6-11,27H,5H2,1-4H3,(H,21,25)/t11-,18-/m0/s1. The number of amides is 2. The molecule has 0 saturated heterocycles. The number of aliphatic hydroxyl groups is 1. The zero-order valence-electron chi connectivity index (χ0n) is 15.7. The Kier molecular flexibility index (Phi) is 4.79. The van der Waals surface area contributed by atoms with Crippen LogP contribution in [-0.4, -0.2) is 43.0 Å². The second-order valence-corrected chi connectivity index (χ2v) is 6.50. The molecule has 1 aliphatic heterocycles. The maximum atomic E-state index is 12.6. The van der Waals surface area contributed by atoms with E-state index >= 15 is 0 Å².